The Morgan fingerprint density at radius 1 is 0.564 bits per heavy atom. The normalized spacial score (nSPS) is 32.2. The number of H-pyrrole nitrogens is 2. The van der Waals surface area contributed by atoms with Crippen molar-refractivity contribution in [1.29, 1.82) is 0 Å². The average molecular weight is 1080 g/mol. The summed E-state index contributed by atoms with van der Waals surface area (Å²) in [5, 5.41) is 28.7. The summed E-state index contributed by atoms with van der Waals surface area (Å²) in [5.41, 5.74) is 6.81. The number of hydrogen-bond donors (Lipinski definition) is 6. The number of halogens is 6. The Kier molecular flexibility index (Phi) is 13.3. The number of likely N-dealkylation sites (tertiary alicyclic amines) is 2. The van der Waals surface area contributed by atoms with E-state index in [2.05, 4.69) is 66.2 Å². The van der Waals surface area contributed by atoms with E-state index in [1.807, 2.05) is 36.4 Å². The zero-order valence-corrected chi connectivity index (χ0v) is 44.9. The molecule has 6 saturated carbocycles. The molecule has 0 spiro atoms. The van der Waals surface area contributed by atoms with Gasteiger partial charge in [0.15, 0.2) is 0 Å². The quantitative estimate of drug-likeness (QED) is 0.0532. The Hall–Kier alpha value is -5.10. The minimum absolute atomic E-state index is 0.0186. The highest BCUT2D eigenvalue weighted by atomic mass is 19.2. The summed E-state index contributed by atoms with van der Waals surface area (Å²) in [6, 6.07) is 21.2. The van der Waals surface area contributed by atoms with Crippen LogP contribution in [-0.4, -0.2) is 141 Å². The van der Waals surface area contributed by atoms with Crippen LogP contribution in [-0.2, 0) is 12.8 Å². The van der Waals surface area contributed by atoms with Crippen LogP contribution < -0.4 is 10.6 Å². The van der Waals surface area contributed by atoms with Crippen LogP contribution in [0.3, 0.4) is 0 Å². The molecule has 0 radical (unpaired) electrons. The van der Waals surface area contributed by atoms with Crippen molar-refractivity contribution in [1.82, 2.24) is 29.6 Å². The zero-order chi connectivity index (χ0) is 53.9. The highest BCUT2D eigenvalue weighted by molar-refractivity contribution is 5.86. The Balaban J connectivity index is 0.000000148. The van der Waals surface area contributed by atoms with Crippen molar-refractivity contribution in [2.24, 2.45) is 10.8 Å². The summed E-state index contributed by atoms with van der Waals surface area (Å²) in [7, 11) is 0. The monoisotopic (exact) mass is 1080 g/mol. The van der Waals surface area contributed by atoms with E-state index in [0.29, 0.717) is 37.3 Å². The minimum atomic E-state index is -0.565. The molecule has 16 rings (SSSR count). The first-order valence-corrected chi connectivity index (χ1v) is 28.8. The van der Waals surface area contributed by atoms with Crippen molar-refractivity contribution >= 4 is 33.2 Å². The van der Waals surface area contributed by atoms with Crippen molar-refractivity contribution in [3.8, 4) is 0 Å². The van der Waals surface area contributed by atoms with Crippen LogP contribution in [0.15, 0.2) is 72.8 Å². The van der Waals surface area contributed by atoms with Crippen LogP contribution in [0.1, 0.15) is 124 Å². The van der Waals surface area contributed by atoms with Crippen LogP contribution >= 0.6 is 0 Å². The van der Waals surface area contributed by atoms with Gasteiger partial charge in [-0.05, 0) is 149 Å². The van der Waals surface area contributed by atoms with E-state index in [-0.39, 0.29) is 83.8 Å². The minimum Gasteiger partial charge on any atom is -0.396 e. The number of hydrogen-bond acceptors (Lipinski definition) is 8. The Labute approximate surface area is 452 Å². The van der Waals surface area contributed by atoms with Crippen LogP contribution in [0.2, 0.25) is 0 Å². The van der Waals surface area contributed by atoms with Gasteiger partial charge in [-0.1, -0.05) is 36.4 Å². The Morgan fingerprint density at radius 3 is 1.29 bits per heavy atom. The lowest BCUT2D eigenvalue weighted by atomic mass is 9.38. The van der Waals surface area contributed by atoms with Gasteiger partial charge in [0.2, 0.25) is 0 Å². The lowest BCUT2D eigenvalue weighted by Crippen LogP contribution is -2.77. The molecular formula is C62H74F6N8O2. The highest BCUT2D eigenvalue weighted by Crippen LogP contribution is 2.73. The largest absolute Gasteiger partial charge is 0.396 e. The second-order valence-electron chi connectivity index (χ2n) is 25.3. The summed E-state index contributed by atoms with van der Waals surface area (Å²) in [6.07, 6.45) is 9.60. The maximum atomic E-state index is 16.1. The first-order chi connectivity index (χ1) is 37.7. The second kappa shape index (κ2) is 19.9. The molecule has 4 aliphatic heterocycles. The molecule has 2 aromatic heterocycles. The molecule has 78 heavy (non-hydrogen) atoms. The number of para-hydroxylation sites is 2. The number of rotatable bonds is 16. The van der Waals surface area contributed by atoms with Gasteiger partial charge in [-0.2, -0.15) is 0 Å². The molecule has 6 N–H and O–H groups in total. The highest BCUT2D eigenvalue weighted by Gasteiger charge is 2.73. The summed E-state index contributed by atoms with van der Waals surface area (Å²) in [5.74, 6) is -2.16. The van der Waals surface area contributed by atoms with Gasteiger partial charge in [-0.15, -0.1) is 0 Å². The van der Waals surface area contributed by atoms with E-state index >= 15 is 17.6 Å². The van der Waals surface area contributed by atoms with E-state index in [4.69, 9.17) is 0 Å². The summed E-state index contributed by atoms with van der Waals surface area (Å²) >= 11 is 0. The average Bonchev–Trinajstić information content (AvgIpc) is 3.90. The number of benzene rings is 4. The van der Waals surface area contributed by atoms with E-state index in [0.717, 1.165) is 135 Å². The third-order valence-electron chi connectivity index (χ3n) is 19.9. The maximum Gasteiger partial charge on any atom is 0.133 e. The second-order valence-corrected chi connectivity index (χ2v) is 25.3. The van der Waals surface area contributed by atoms with Crippen molar-refractivity contribution in [3.05, 3.63) is 130 Å². The summed E-state index contributed by atoms with van der Waals surface area (Å²) in [6.45, 7) is 8.65. The van der Waals surface area contributed by atoms with Crippen LogP contribution in [0.5, 0.6) is 0 Å². The molecule has 416 valence electrons. The number of fused-ring (bicyclic) bond motifs is 6. The number of aromatic amines is 2. The van der Waals surface area contributed by atoms with Gasteiger partial charge in [0.1, 0.15) is 23.3 Å². The molecule has 4 bridgehead atoms. The zero-order valence-electron chi connectivity index (χ0n) is 44.9. The molecule has 0 amide bonds. The van der Waals surface area contributed by atoms with E-state index in [1.165, 1.54) is 24.3 Å². The van der Waals surface area contributed by atoms with E-state index in [1.54, 1.807) is 0 Å². The van der Waals surface area contributed by atoms with Crippen molar-refractivity contribution in [2.75, 3.05) is 76.5 Å². The summed E-state index contributed by atoms with van der Waals surface area (Å²) in [4.78, 5) is 16.2. The van der Waals surface area contributed by atoms with Gasteiger partial charge >= 0.3 is 0 Å². The first kappa shape index (κ1) is 52.3. The topological polar surface area (TPSA) is 109 Å². The summed E-state index contributed by atoms with van der Waals surface area (Å²) < 4.78 is 89.6. The van der Waals surface area contributed by atoms with Crippen LogP contribution in [0.4, 0.5) is 37.7 Å². The molecule has 8 fully saturated rings. The Morgan fingerprint density at radius 2 is 0.936 bits per heavy atom. The van der Waals surface area contributed by atoms with Crippen LogP contribution in [0.25, 0.3) is 21.8 Å². The fraction of sp³-hybridized carbons (Fsp3) is 0.548. The van der Waals surface area contributed by atoms with E-state index < -0.39 is 35.4 Å². The predicted molar refractivity (Wildman–Crippen MR) is 293 cm³/mol. The molecule has 6 heterocycles. The number of aromatic nitrogens is 2. The van der Waals surface area contributed by atoms with E-state index in [9.17, 15) is 19.0 Å². The number of aliphatic hydroxyl groups excluding tert-OH is 2. The molecular weight excluding hydrogens is 1000 g/mol. The van der Waals surface area contributed by atoms with Gasteiger partial charge in [-0.25, -0.2) is 17.6 Å². The number of alkyl halides is 2. The van der Waals surface area contributed by atoms with Crippen molar-refractivity contribution < 1.29 is 36.6 Å². The fourth-order valence-electron chi connectivity index (χ4n) is 16.9. The fourth-order valence-corrected chi connectivity index (χ4v) is 16.9. The molecule has 10 nitrogen and oxygen atoms in total. The van der Waals surface area contributed by atoms with Crippen LogP contribution in [0, 0.1) is 34.1 Å². The number of anilines is 2. The lowest BCUT2D eigenvalue weighted by Gasteiger charge is -2.76. The number of nitrogens with one attached hydrogen (secondary N) is 4. The number of nitrogens with zero attached hydrogens (tertiary/aromatic N) is 4. The molecule has 0 unspecified atom stereocenters. The van der Waals surface area contributed by atoms with Gasteiger partial charge in [0.05, 0.1) is 25.4 Å². The SMILES string of the molecule is C[C@@H]1Cc2c([nH]c3ccccc23)[C@@H](c2c(F)cc(N[C@H]3CCN(CCCF)C3)cc2F)N1C12CC(CO)(C1)C2.C[C@H]1Cc2c([nH]c3ccccc23)[C@H](c2c(F)cc(N[C@H]3CCN(CCCF)C3)cc2F)N1C12CC(CO)(C1)C2. The predicted octanol–water partition coefficient (Wildman–Crippen LogP) is 11.1. The smallest absolute Gasteiger partial charge is 0.133 e. The molecule has 4 aromatic carbocycles. The molecule has 6 aromatic rings. The Bertz CT molecular complexity index is 2940. The first-order valence-electron chi connectivity index (χ1n) is 28.8. The standard InChI is InChI=1S/2C31H37F3N4O/c2*1-19-11-23-22-5-2-3-6-26(22)36-28(23)29(38(19)31-15-30(16-31,17-31)18-39)27-24(33)12-21(13-25(27)34)35-20-7-10-37(14-20)9-4-8-32/h2*2-3,5-6,12-13,19-20,29,35-36,39H,4,7-11,14-18H2,1H3/t19-,20+,29-,30?,31?;19-,20-,29-,30?,31?/m10/s1. The van der Waals surface area contributed by atoms with Gasteiger partial charge in [0, 0.05) is 143 Å². The number of aliphatic hydroxyl groups is 2. The van der Waals surface area contributed by atoms with Crippen molar-refractivity contribution in [2.45, 2.75) is 138 Å². The van der Waals surface area contributed by atoms with Gasteiger partial charge in [-0.3, -0.25) is 18.6 Å². The lowest BCUT2D eigenvalue weighted by molar-refractivity contribution is -0.254. The molecule has 10 aliphatic rings. The molecule has 16 heteroatoms. The van der Waals surface area contributed by atoms with Crippen molar-refractivity contribution in [3.63, 3.8) is 0 Å². The van der Waals surface area contributed by atoms with Gasteiger partial charge < -0.3 is 40.6 Å². The molecule has 6 aliphatic carbocycles. The molecule has 6 atom stereocenters. The molecule has 2 saturated heterocycles. The third-order valence-corrected chi connectivity index (χ3v) is 19.9. The maximum absolute atomic E-state index is 16.1. The van der Waals surface area contributed by atoms with Gasteiger partial charge in [0.25, 0.3) is 0 Å². The third kappa shape index (κ3) is 8.58.